The molecule has 0 atom stereocenters. The molecule has 1 amide bonds. The number of nitrogens with zero attached hydrogens (tertiary/aromatic N) is 3. The highest BCUT2D eigenvalue weighted by atomic mass is 35.5. The van der Waals surface area contributed by atoms with Crippen molar-refractivity contribution < 1.29 is 4.79 Å². The molecule has 5 nitrogen and oxygen atoms in total. The van der Waals surface area contributed by atoms with Gasteiger partial charge in [0, 0.05) is 24.2 Å². The summed E-state index contributed by atoms with van der Waals surface area (Å²) in [7, 11) is 0. The zero-order chi connectivity index (χ0) is 17.3. The Labute approximate surface area is 159 Å². The molecule has 0 spiro atoms. The molecular weight excluding hydrogens is 359 g/mol. The third-order valence-corrected chi connectivity index (χ3v) is 4.73. The molecule has 2 heterocycles. The molecule has 1 aliphatic heterocycles. The fourth-order valence-corrected chi connectivity index (χ4v) is 3.27. The van der Waals surface area contributed by atoms with Crippen LogP contribution in [-0.4, -0.2) is 39.7 Å². The number of hydrogen-bond acceptors (Lipinski definition) is 3. The molecule has 25 heavy (non-hydrogen) atoms. The summed E-state index contributed by atoms with van der Waals surface area (Å²) in [4.78, 5) is 14.8. The molecule has 7 heteroatoms. The third-order valence-electron chi connectivity index (χ3n) is 4.48. The lowest BCUT2D eigenvalue weighted by Crippen LogP contribution is -2.43. The molecule has 1 aromatic carbocycles. The maximum atomic E-state index is 12.9. The number of piperidine rings is 1. The van der Waals surface area contributed by atoms with Gasteiger partial charge in [0.1, 0.15) is 0 Å². The second kappa shape index (κ2) is 8.21. The number of halogens is 2. The Kier molecular flexibility index (Phi) is 6.49. The van der Waals surface area contributed by atoms with Gasteiger partial charge >= 0.3 is 0 Å². The molecule has 0 unspecified atom stereocenters. The Morgan fingerprint density at radius 2 is 1.84 bits per heavy atom. The minimum Gasteiger partial charge on any atom is -0.338 e. The molecule has 0 radical (unpaired) electrons. The van der Waals surface area contributed by atoms with Gasteiger partial charge in [-0.05, 0) is 43.0 Å². The van der Waals surface area contributed by atoms with E-state index < -0.39 is 0 Å². The highest BCUT2D eigenvalue weighted by Crippen LogP contribution is 2.25. The first-order valence-corrected chi connectivity index (χ1v) is 8.74. The summed E-state index contributed by atoms with van der Waals surface area (Å²) >= 11 is 5.97. The van der Waals surface area contributed by atoms with Crippen molar-refractivity contribution in [1.82, 2.24) is 14.7 Å². The highest BCUT2D eigenvalue weighted by molar-refractivity contribution is 6.30. The lowest BCUT2D eigenvalue weighted by atomic mass is 10.0. The van der Waals surface area contributed by atoms with Crippen LogP contribution in [0.3, 0.4) is 0 Å². The molecule has 1 aliphatic rings. The summed E-state index contributed by atoms with van der Waals surface area (Å²) in [6, 6.07) is 7.69. The Bertz CT molecular complexity index is 719. The van der Waals surface area contributed by atoms with E-state index in [1.54, 1.807) is 6.20 Å². The SMILES string of the molecule is CC(C)c1c(C(=O)N2CCC(N)CC2)cnn1-c1ccc(Cl)cc1.Cl. The summed E-state index contributed by atoms with van der Waals surface area (Å²) in [6.07, 6.45) is 3.39. The number of amides is 1. The number of carbonyl (C=O) groups is 1. The number of rotatable bonds is 3. The smallest absolute Gasteiger partial charge is 0.257 e. The predicted octanol–water partition coefficient (Wildman–Crippen LogP) is 3.63. The van der Waals surface area contributed by atoms with Gasteiger partial charge in [0.2, 0.25) is 0 Å². The first-order chi connectivity index (χ1) is 11.5. The third kappa shape index (κ3) is 4.17. The van der Waals surface area contributed by atoms with Crippen molar-refractivity contribution in [2.24, 2.45) is 5.73 Å². The number of carbonyl (C=O) groups excluding carboxylic acids is 1. The standard InChI is InChI=1S/C18H23ClN4O.ClH/c1-12(2)17-16(18(24)22-9-7-14(20)8-10-22)11-21-23(17)15-5-3-13(19)4-6-15;/h3-6,11-12,14H,7-10,20H2,1-2H3;1H. The van der Waals surface area contributed by atoms with Gasteiger partial charge in [-0.15, -0.1) is 12.4 Å². The monoisotopic (exact) mass is 382 g/mol. The summed E-state index contributed by atoms with van der Waals surface area (Å²) in [5, 5.41) is 5.15. The Morgan fingerprint density at radius 3 is 2.40 bits per heavy atom. The van der Waals surface area contributed by atoms with E-state index in [2.05, 4.69) is 18.9 Å². The van der Waals surface area contributed by atoms with Crippen LogP contribution in [0.5, 0.6) is 0 Å². The van der Waals surface area contributed by atoms with E-state index in [4.69, 9.17) is 17.3 Å². The summed E-state index contributed by atoms with van der Waals surface area (Å²) < 4.78 is 1.84. The average molecular weight is 383 g/mol. The number of aromatic nitrogens is 2. The highest BCUT2D eigenvalue weighted by Gasteiger charge is 2.27. The summed E-state index contributed by atoms with van der Waals surface area (Å²) in [5.74, 6) is 0.222. The van der Waals surface area contributed by atoms with Crippen LogP contribution >= 0.6 is 24.0 Å². The Balaban J connectivity index is 0.00000225. The second-order valence-corrected chi connectivity index (χ2v) is 7.05. The fourth-order valence-electron chi connectivity index (χ4n) is 3.14. The van der Waals surface area contributed by atoms with E-state index in [9.17, 15) is 4.79 Å². The van der Waals surface area contributed by atoms with Crippen LogP contribution in [0.25, 0.3) is 5.69 Å². The molecule has 0 aliphatic carbocycles. The van der Waals surface area contributed by atoms with Crippen LogP contribution in [-0.2, 0) is 0 Å². The molecule has 1 fully saturated rings. The van der Waals surface area contributed by atoms with Crippen molar-refractivity contribution in [2.45, 2.75) is 38.6 Å². The van der Waals surface area contributed by atoms with Crippen LogP contribution in [0.4, 0.5) is 0 Å². The second-order valence-electron chi connectivity index (χ2n) is 6.62. The van der Waals surface area contributed by atoms with E-state index in [-0.39, 0.29) is 30.3 Å². The number of hydrogen-bond donors (Lipinski definition) is 1. The van der Waals surface area contributed by atoms with E-state index in [0.29, 0.717) is 23.7 Å². The topological polar surface area (TPSA) is 64.2 Å². The minimum absolute atomic E-state index is 0. The van der Waals surface area contributed by atoms with Gasteiger partial charge in [-0.1, -0.05) is 25.4 Å². The van der Waals surface area contributed by atoms with Gasteiger partial charge in [-0.25, -0.2) is 4.68 Å². The van der Waals surface area contributed by atoms with Crippen molar-refractivity contribution >= 4 is 29.9 Å². The lowest BCUT2D eigenvalue weighted by molar-refractivity contribution is 0.0713. The summed E-state index contributed by atoms with van der Waals surface area (Å²) in [5.41, 5.74) is 8.45. The van der Waals surface area contributed by atoms with Crippen molar-refractivity contribution in [3.8, 4) is 5.69 Å². The van der Waals surface area contributed by atoms with Crippen LogP contribution < -0.4 is 5.73 Å². The molecular formula is C18H24Cl2N4O. The average Bonchev–Trinajstić information content (AvgIpc) is 3.01. The quantitative estimate of drug-likeness (QED) is 0.880. The lowest BCUT2D eigenvalue weighted by Gasteiger charge is -2.30. The molecule has 2 N–H and O–H groups in total. The van der Waals surface area contributed by atoms with Gasteiger partial charge in [-0.3, -0.25) is 4.79 Å². The van der Waals surface area contributed by atoms with Gasteiger partial charge in [0.15, 0.2) is 0 Å². The van der Waals surface area contributed by atoms with Crippen molar-refractivity contribution in [2.75, 3.05) is 13.1 Å². The van der Waals surface area contributed by atoms with E-state index in [1.807, 2.05) is 33.8 Å². The zero-order valence-electron chi connectivity index (χ0n) is 14.5. The number of nitrogens with two attached hydrogens (primary N) is 1. The van der Waals surface area contributed by atoms with Crippen LogP contribution in [0, 0.1) is 0 Å². The molecule has 1 aromatic heterocycles. The Hall–Kier alpha value is -1.56. The fraction of sp³-hybridized carbons (Fsp3) is 0.444. The molecule has 136 valence electrons. The predicted molar refractivity (Wildman–Crippen MR) is 103 cm³/mol. The van der Waals surface area contributed by atoms with Gasteiger partial charge in [-0.2, -0.15) is 5.10 Å². The van der Waals surface area contributed by atoms with Gasteiger partial charge in [0.05, 0.1) is 23.1 Å². The Morgan fingerprint density at radius 1 is 1.24 bits per heavy atom. The molecule has 0 saturated carbocycles. The largest absolute Gasteiger partial charge is 0.338 e. The minimum atomic E-state index is 0. The summed E-state index contributed by atoms with van der Waals surface area (Å²) in [6.45, 7) is 5.58. The first-order valence-electron chi connectivity index (χ1n) is 8.36. The normalized spacial score (nSPS) is 15.3. The van der Waals surface area contributed by atoms with Crippen LogP contribution in [0.15, 0.2) is 30.5 Å². The molecule has 2 aromatic rings. The number of benzene rings is 1. The van der Waals surface area contributed by atoms with Gasteiger partial charge in [0.25, 0.3) is 5.91 Å². The van der Waals surface area contributed by atoms with Crippen molar-refractivity contribution in [3.63, 3.8) is 0 Å². The van der Waals surface area contributed by atoms with Crippen LogP contribution in [0.1, 0.15) is 48.7 Å². The van der Waals surface area contributed by atoms with E-state index in [0.717, 1.165) is 24.2 Å². The van der Waals surface area contributed by atoms with Crippen LogP contribution in [0.2, 0.25) is 5.02 Å². The van der Waals surface area contributed by atoms with Crippen molar-refractivity contribution in [1.29, 1.82) is 0 Å². The van der Waals surface area contributed by atoms with E-state index in [1.165, 1.54) is 0 Å². The molecule has 1 saturated heterocycles. The maximum absolute atomic E-state index is 12.9. The van der Waals surface area contributed by atoms with Gasteiger partial charge < -0.3 is 10.6 Å². The molecule has 3 rings (SSSR count). The van der Waals surface area contributed by atoms with Crippen molar-refractivity contribution in [3.05, 3.63) is 46.7 Å². The number of likely N-dealkylation sites (tertiary alicyclic amines) is 1. The van der Waals surface area contributed by atoms with E-state index >= 15 is 0 Å². The first kappa shape index (κ1) is 19.8. The molecule has 0 bridgehead atoms. The maximum Gasteiger partial charge on any atom is 0.257 e. The zero-order valence-corrected chi connectivity index (χ0v) is 16.1.